The maximum absolute atomic E-state index is 5.88. The number of hydrogen-bond donors (Lipinski definition) is 2. The van der Waals surface area contributed by atoms with Gasteiger partial charge in [0.05, 0.1) is 0 Å². The molecule has 0 unspecified atom stereocenters. The number of nitrogens with two attached hydrogens (primary N) is 1. The van der Waals surface area contributed by atoms with Crippen LogP contribution in [0.1, 0.15) is 20.9 Å². The van der Waals surface area contributed by atoms with Crippen molar-refractivity contribution in [2.75, 3.05) is 5.73 Å². The number of aryl methyl sites for hydroxylation is 1. The summed E-state index contributed by atoms with van der Waals surface area (Å²) in [5.74, 6) is 0. The van der Waals surface area contributed by atoms with Crippen LogP contribution in [0.5, 0.6) is 0 Å². The van der Waals surface area contributed by atoms with Crippen molar-refractivity contribution in [3.63, 3.8) is 0 Å². The third kappa shape index (κ3) is 3.08. The molecule has 0 fully saturated rings. The van der Waals surface area contributed by atoms with E-state index in [9.17, 15) is 0 Å². The van der Waals surface area contributed by atoms with E-state index in [1.165, 1.54) is 20.9 Å². The Labute approximate surface area is 106 Å². The summed E-state index contributed by atoms with van der Waals surface area (Å²) in [5.41, 5.74) is 9.21. The van der Waals surface area contributed by atoms with Crippen LogP contribution in [-0.2, 0) is 13.1 Å². The van der Waals surface area contributed by atoms with Crippen molar-refractivity contribution in [2.45, 2.75) is 26.9 Å². The lowest BCUT2D eigenvalue weighted by Crippen LogP contribution is -2.13. The summed E-state index contributed by atoms with van der Waals surface area (Å²) in [6.45, 7) is 6.00. The monoisotopic (exact) mass is 246 g/mol. The van der Waals surface area contributed by atoms with Crippen LogP contribution in [0.3, 0.4) is 0 Å². The molecule has 1 aromatic heterocycles. The number of nitrogens with one attached hydrogen (secondary N) is 1. The molecule has 0 spiro atoms. The normalized spacial score (nSPS) is 10.7. The van der Waals surface area contributed by atoms with Crippen LogP contribution in [0.25, 0.3) is 0 Å². The van der Waals surface area contributed by atoms with Gasteiger partial charge in [0.2, 0.25) is 0 Å². The molecule has 2 nitrogen and oxygen atoms in total. The molecular weight excluding hydrogens is 228 g/mol. The van der Waals surface area contributed by atoms with Gasteiger partial charge < -0.3 is 11.1 Å². The topological polar surface area (TPSA) is 38.0 Å². The third-order valence-corrected chi connectivity index (χ3v) is 3.90. The molecule has 0 bridgehead atoms. The van der Waals surface area contributed by atoms with Crippen LogP contribution < -0.4 is 11.1 Å². The van der Waals surface area contributed by atoms with Crippen molar-refractivity contribution >= 4 is 17.0 Å². The van der Waals surface area contributed by atoms with Gasteiger partial charge >= 0.3 is 0 Å². The number of hydrogen-bond acceptors (Lipinski definition) is 3. The van der Waals surface area contributed by atoms with E-state index in [1.807, 2.05) is 23.5 Å². The third-order valence-electron chi connectivity index (χ3n) is 2.90. The SMILES string of the molecule is Cc1ccc(CNCc2cccc(N)c2C)s1. The fourth-order valence-electron chi connectivity index (χ4n) is 1.80. The van der Waals surface area contributed by atoms with E-state index in [0.717, 1.165) is 18.8 Å². The molecule has 2 aromatic rings. The highest BCUT2D eigenvalue weighted by molar-refractivity contribution is 7.11. The van der Waals surface area contributed by atoms with Crippen LogP contribution in [0.2, 0.25) is 0 Å². The van der Waals surface area contributed by atoms with Crippen LogP contribution in [-0.4, -0.2) is 0 Å². The molecule has 0 aliphatic rings. The van der Waals surface area contributed by atoms with E-state index < -0.39 is 0 Å². The van der Waals surface area contributed by atoms with Crippen LogP contribution in [0.15, 0.2) is 30.3 Å². The molecule has 1 aromatic carbocycles. The molecule has 3 N–H and O–H groups in total. The lowest BCUT2D eigenvalue weighted by Gasteiger charge is -2.09. The van der Waals surface area contributed by atoms with E-state index in [0.29, 0.717) is 0 Å². The molecule has 90 valence electrons. The summed E-state index contributed by atoms with van der Waals surface area (Å²) in [7, 11) is 0. The quantitative estimate of drug-likeness (QED) is 0.813. The Kier molecular flexibility index (Phi) is 3.82. The van der Waals surface area contributed by atoms with E-state index >= 15 is 0 Å². The standard InChI is InChI=1S/C14H18N2S/c1-10-6-7-13(17-10)9-16-8-12-4-3-5-14(15)11(12)2/h3-7,16H,8-9,15H2,1-2H3. The molecule has 1 heterocycles. The summed E-state index contributed by atoms with van der Waals surface area (Å²) in [6.07, 6.45) is 0. The smallest absolute Gasteiger partial charge is 0.0346 e. The Balaban J connectivity index is 1.92. The first-order valence-electron chi connectivity index (χ1n) is 5.77. The second-order valence-electron chi connectivity index (χ2n) is 4.25. The van der Waals surface area contributed by atoms with E-state index in [1.54, 1.807) is 0 Å². The molecule has 0 radical (unpaired) electrons. The van der Waals surface area contributed by atoms with Gasteiger partial charge in [0.1, 0.15) is 0 Å². The minimum absolute atomic E-state index is 0.869. The predicted molar refractivity (Wildman–Crippen MR) is 75.2 cm³/mol. The predicted octanol–water partition coefficient (Wildman–Crippen LogP) is 3.24. The highest BCUT2D eigenvalue weighted by atomic mass is 32.1. The van der Waals surface area contributed by atoms with Crippen LogP contribution in [0, 0.1) is 13.8 Å². The summed E-state index contributed by atoms with van der Waals surface area (Å²) in [6, 6.07) is 10.4. The Hall–Kier alpha value is -1.32. The molecule has 0 saturated carbocycles. The number of thiophene rings is 1. The summed E-state index contributed by atoms with van der Waals surface area (Å²) < 4.78 is 0. The molecule has 0 atom stereocenters. The van der Waals surface area contributed by atoms with Crippen molar-refractivity contribution in [3.8, 4) is 0 Å². The Morgan fingerprint density at radius 3 is 2.65 bits per heavy atom. The van der Waals surface area contributed by atoms with Gasteiger partial charge in [-0.05, 0) is 43.2 Å². The zero-order chi connectivity index (χ0) is 12.3. The summed E-state index contributed by atoms with van der Waals surface area (Å²) in [5, 5.41) is 3.45. The maximum Gasteiger partial charge on any atom is 0.0346 e. The molecular formula is C14H18N2S. The van der Waals surface area contributed by atoms with Gasteiger partial charge in [-0.3, -0.25) is 0 Å². The Morgan fingerprint density at radius 1 is 1.12 bits per heavy atom. The molecule has 17 heavy (non-hydrogen) atoms. The number of rotatable bonds is 4. The van der Waals surface area contributed by atoms with E-state index in [4.69, 9.17) is 5.73 Å². The minimum Gasteiger partial charge on any atom is -0.399 e. The first kappa shape index (κ1) is 12.1. The van der Waals surface area contributed by atoms with Crippen LogP contribution >= 0.6 is 11.3 Å². The molecule has 0 saturated heterocycles. The first-order valence-corrected chi connectivity index (χ1v) is 6.58. The van der Waals surface area contributed by atoms with E-state index in [2.05, 4.69) is 37.4 Å². The largest absolute Gasteiger partial charge is 0.399 e. The zero-order valence-corrected chi connectivity index (χ0v) is 11.1. The fourth-order valence-corrected chi connectivity index (χ4v) is 2.66. The Morgan fingerprint density at radius 2 is 1.94 bits per heavy atom. The van der Waals surface area contributed by atoms with E-state index in [-0.39, 0.29) is 0 Å². The molecule has 2 rings (SSSR count). The second-order valence-corrected chi connectivity index (χ2v) is 5.62. The maximum atomic E-state index is 5.88. The van der Waals surface area contributed by atoms with Gasteiger partial charge in [-0.2, -0.15) is 0 Å². The number of benzene rings is 1. The Bertz CT molecular complexity index is 503. The lowest BCUT2D eigenvalue weighted by molar-refractivity contribution is 0.698. The van der Waals surface area contributed by atoms with Crippen molar-refractivity contribution in [3.05, 3.63) is 51.2 Å². The fraction of sp³-hybridized carbons (Fsp3) is 0.286. The molecule has 3 heteroatoms. The van der Waals surface area contributed by atoms with Gasteiger partial charge in [0.15, 0.2) is 0 Å². The second kappa shape index (κ2) is 5.34. The lowest BCUT2D eigenvalue weighted by atomic mass is 10.1. The van der Waals surface area contributed by atoms with Crippen LogP contribution in [0.4, 0.5) is 5.69 Å². The van der Waals surface area contributed by atoms with Gasteiger partial charge in [-0.25, -0.2) is 0 Å². The molecule has 0 aliphatic heterocycles. The van der Waals surface area contributed by atoms with Gasteiger partial charge in [-0.1, -0.05) is 12.1 Å². The highest BCUT2D eigenvalue weighted by Gasteiger charge is 2.01. The van der Waals surface area contributed by atoms with Crippen molar-refractivity contribution < 1.29 is 0 Å². The minimum atomic E-state index is 0.869. The van der Waals surface area contributed by atoms with Crippen molar-refractivity contribution in [2.24, 2.45) is 0 Å². The van der Waals surface area contributed by atoms with Gasteiger partial charge in [0.25, 0.3) is 0 Å². The first-order chi connectivity index (χ1) is 8.16. The molecule has 0 aliphatic carbocycles. The van der Waals surface area contributed by atoms with Crippen molar-refractivity contribution in [1.29, 1.82) is 0 Å². The van der Waals surface area contributed by atoms with Gasteiger partial charge in [0, 0.05) is 28.5 Å². The van der Waals surface area contributed by atoms with Crippen molar-refractivity contribution in [1.82, 2.24) is 5.32 Å². The highest BCUT2D eigenvalue weighted by Crippen LogP contribution is 2.17. The zero-order valence-electron chi connectivity index (χ0n) is 10.3. The number of anilines is 1. The molecule has 0 amide bonds. The summed E-state index contributed by atoms with van der Waals surface area (Å²) >= 11 is 1.84. The summed E-state index contributed by atoms with van der Waals surface area (Å²) in [4.78, 5) is 2.74. The average molecular weight is 246 g/mol. The van der Waals surface area contributed by atoms with Gasteiger partial charge in [-0.15, -0.1) is 11.3 Å². The average Bonchev–Trinajstić information content (AvgIpc) is 2.70. The number of nitrogen functional groups attached to an aromatic ring is 1.